The number of unbranched alkanes of at least 4 members (excludes halogenated alkanes) is 7. The Bertz CT molecular complexity index is 217. The molecule has 0 aromatic rings. The van der Waals surface area contributed by atoms with Crippen molar-refractivity contribution in [1.82, 2.24) is 0 Å². The van der Waals surface area contributed by atoms with E-state index < -0.39 is 8.56 Å². The molecule has 0 N–H and O–H groups in total. The van der Waals surface area contributed by atoms with Gasteiger partial charge >= 0.3 is 8.56 Å². The Morgan fingerprint density at radius 2 is 1.19 bits per heavy atom. The molecule has 0 bridgehead atoms. The first-order valence-corrected chi connectivity index (χ1v) is 12.1. The zero-order valence-corrected chi connectivity index (χ0v) is 16.4. The number of hydrogen-bond acceptors (Lipinski definition) is 2. The summed E-state index contributed by atoms with van der Waals surface area (Å²) in [7, 11) is -1.86. The number of hydrogen-bond donors (Lipinski definition) is 0. The van der Waals surface area contributed by atoms with E-state index in [1.54, 1.807) is 0 Å². The van der Waals surface area contributed by atoms with Gasteiger partial charge in [-0.3, -0.25) is 0 Å². The summed E-state index contributed by atoms with van der Waals surface area (Å²) in [5.74, 6) is 0.775. The van der Waals surface area contributed by atoms with E-state index in [4.69, 9.17) is 8.85 Å². The topological polar surface area (TPSA) is 18.5 Å². The van der Waals surface area contributed by atoms with Crippen molar-refractivity contribution in [3.63, 3.8) is 0 Å². The summed E-state index contributed by atoms with van der Waals surface area (Å²) in [6.45, 7) is 12.9. The van der Waals surface area contributed by atoms with Crippen molar-refractivity contribution in [2.24, 2.45) is 5.92 Å². The molecule has 21 heavy (non-hydrogen) atoms. The molecule has 0 aliphatic rings. The summed E-state index contributed by atoms with van der Waals surface area (Å²) in [6.07, 6.45) is 13.2. The largest absolute Gasteiger partial charge is 0.395 e. The molecule has 0 atom stereocenters. The summed E-state index contributed by atoms with van der Waals surface area (Å²) in [6, 6.07) is 0. The van der Waals surface area contributed by atoms with Gasteiger partial charge in [-0.25, -0.2) is 0 Å². The lowest BCUT2D eigenvalue weighted by atomic mass is 10.1. The van der Waals surface area contributed by atoms with Crippen molar-refractivity contribution < 1.29 is 8.85 Å². The van der Waals surface area contributed by atoms with E-state index in [1.807, 2.05) is 0 Å². The van der Waals surface area contributed by atoms with Gasteiger partial charge in [-0.05, 0) is 38.3 Å². The molecule has 0 amide bonds. The standard InChI is InChI=1S/C18H40O2Si/c1-6-7-8-9-10-11-12-13-16-19-21(4,5)20-17-14-15-18(2)3/h18H,6-17H2,1-5H3. The Labute approximate surface area is 135 Å². The zero-order chi connectivity index (χ0) is 16.0. The van der Waals surface area contributed by atoms with Gasteiger partial charge in [0, 0.05) is 13.2 Å². The molecule has 0 saturated carbocycles. The van der Waals surface area contributed by atoms with Crippen molar-refractivity contribution in [3.05, 3.63) is 0 Å². The predicted octanol–water partition coefficient (Wildman–Crippen LogP) is 6.30. The summed E-state index contributed by atoms with van der Waals surface area (Å²) < 4.78 is 12.0. The first-order chi connectivity index (χ1) is 9.98. The second kappa shape index (κ2) is 13.8. The summed E-state index contributed by atoms with van der Waals surface area (Å²) >= 11 is 0. The Hall–Kier alpha value is 0.137. The van der Waals surface area contributed by atoms with Crippen LogP contribution in [-0.2, 0) is 8.85 Å². The van der Waals surface area contributed by atoms with Gasteiger partial charge in [-0.2, -0.15) is 0 Å². The molecule has 0 radical (unpaired) electrons. The van der Waals surface area contributed by atoms with Gasteiger partial charge in [-0.15, -0.1) is 0 Å². The summed E-state index contributed by atoms with van der Waals surface area (Å²) in [5, 5.41) is 0. The second-order valence-electron chi connectivity index (χ2n) is 7.11. The van der Waals surface area contributed by atoms with Crippen LogP contribution in [0.25, 0.3) is 0 Å². The maximum Gasteiger partial charge on any atom is 0.331 e. The van der Waals surface area contributed by atoms with E-state index in [9.17, 15) is 0 Å². The third kappa shape index (κ3) is 16.3. The highest BCUT2D eigenvalue weighted by atomic mass is 28.4. The van der Waals surface area contributed by atoms with Crippen molar-refractivity contribution in [2.45, 2.75) is 98.1 Å². The predicted molar refractivity (Wildman–Crippen MR) is 96.1 cm³/mol. The van der Waals surface area contributed by atoms with Crippen LogP contribution in [-0.4, -0.2) is 21.8 Å². The van der Waals surface area contributed by atoms with Gasteiger partial charge in [0.15, 0.2) is 0 Å². The molecule has 0 unspecified atom stereocenters. The van der Waals surface area contributed by atoms with Gasteiger partial charge in [0.25, 0.3) is 0 Å². The van der Waals surface area contributed by atoms with Gasteiger partial charge < -0.3 is 8.85 Å². The Kier molecular flexibility index (Phi) is 13.9. The van der Waals surface area contributed by atoms with E-state index in [0.717, 1.165) is 25.6 Å². The van der Waals surface area contributed by atoms with Crippen LogP contribution in [0.5, 0.6) is 0 Å². The van der Waals surface area contributed by atoms with Crippen molar-refractivity contribution in [1.29, 1.82) is 0 Å². The molecule has 2 nitrogen and oxygen atoms in total. The average molecular weight is 317 g/mol. The monoisotopic (exact) mass is 316 g/mol. The molecular weight excluding hydrogens is 276 g/mol. The highest BCUT2D eigenvalue weighted by molar-refractivity contribution is 6.64. The molecule has 3 heteroatoms. The van der Waals surface area contributed by atoms with Crippen LogP contribution in [0.3, 0.4) is 0 Å². The lowest BCUT2D eigenvalue weighted by molar-refractivity contribution is 0.171. The molecule has 0 saturated heterocycles. The van der Waals surface area contributed by atoms with E-state index in [0.29, 0.717) is 0 Å². The second-order valence-corrected chi connectivity index (χ2v) is 10.5. The maximum atomic E-state index is 6.00. The first kappa shape index (κ1) is 21.1. The third-order valence-corrected chi connectivity index (χ3v) is 5.62. The molecule has 0 aromatic carbocycles. The lowest BCUT2D eigenvalue weighted by Gasteiger charge is -2.23. The fourth-order valence-corrected chi connectivity index (χ4v) is 3.76. The highest BCUT2D eigenvalue weighted by Crippen LogP contribution is 2.12. The van der Waals surface area contributed by atoms with Crippen molar-refractivity contribution >= 4 is 8.56 Å². The molecule has 128 valence electrons. The Morgan fingerprint density at radius 1 is 0.714 bits per heavy atom. The first-order valence-electron chi connectivity index (χ1n) is 9.26. The van der Waals surface area contributed by atoms with E-state index >= 15 is 0 Å². The quantitative estimate of drug-likeness (QED) is 0.261. The smallest absolute Gasteiger partial charge is 0.331 e. The van der Waals surface area contributed by atoms with E-state index in [2.05, 4.69) is 33.9 Å². The van der Waals surface area contributed by atoms with Gasteiger partial charge in [0.05, 0.1) is 0 Å². The van der Waals surface area contributed by atoms with E-state index in [1.165, 1.54) is 57.8 Å². The fraction of sp³-hybridized carbons (Fsp3) is 1.00. The van der Waals surface area contributed by atoms with Crippen LogP contribution in [0.1, 0.15) is 85.0 Å². The van der Waals surface area contributed by atoms with Crippen LogP contribution < -0.4 is 0 Å². The zero-order valence-electron chi connectivity index (χ0n) is 15.4. The Balaban J connectivity index is 3.36. The summed E-state index contributed by atoms with van der Waals surface area (Å²) in [4.78, 5) is 0. The minimum atomic E-state index is -1.86. The van der Waals surface area contributed by atoms with Gasteiger partial charge in [0.1, 0.15) is 0 Å². The molecule has 0 aromatic heterocycles. The third-order valence-electron chi connectivity index (χ3n) is 3.82. The average Bonchev–Trinajstić information content (AvgIpc) is 2.42. The van der Waals surface area contributed by atoms with Crippen LogP contribution in [0, 0.1) is 5.92 Å². The molecule has 0 aliphatic carbocycles. The van der Waals surface area contributed by atoms with Crippen molar-refractivity contribution in [2.75, 3.05) is 13.2 Å². The van der Waals surface area contributed by atoms with Crippen LogP contribution >= 0.6 is 0 Å². The van der Waals surface area contributed by atoms with Crippen LogP contribution in [0.4, 0.5) is 0 Å². The molecule has 0 aliphatic heterocycles. The Morgan fingerprint density at radius 3 is 1.71 bits per heavy atom. The van der Waals surface area contributed by atoms with Gasteiger partial charge in [0.2, 0.25) is 0 Å². The van der Waals surface area contributed by atoms with Crippen LogP contribution in [0.15, 0.2) is 0 Å². The van der Waals surface area contributed by atoms with Crippen LogP contribution in [0.2, 0.25) is 13.1 Å². The van der Waals surface area contributed by atoms with Crippen molar-refractivity contribution in [3.8, 4) is 0 Å². The normalized spacial score (nSPS) is 12.3. The molecule has 0 heterocycles. The van der Waals surface area contributed by atoms with Gasteiger partial charge in [-0.1, -0.05) is 65.7 Å². The SMILES string of the molecule is CCCCCCCCCCO[Si](C)(C)OCCCC(C)C. The number of rotatable bonds is 15. The summed E-state index contributed by atoms with van der Waals surface area (Å²) in [5.41, 5.74) is 0. The lowest BCUT2D eigenvalue weighted by Crippen LogP contribution is -2.35. The molecular formula is C18H40O2Si. The fourth-order valence-electron chi connectivity index (χ4n) is 2.41. The highest BCUT2D eigenvalue weighted by Gasteiger charge is 2.23. The molecule has 0 spiro atoms. The molecule has 0 rings (SSSR count). The minimum absolute atomic E-state index is 0.775. The maximum absolute atomic E-state index is 6.00. The minimum Gasteiger partial charge on any atom is -0.395 e. The molecule has 0 fully saturated rings. The van der Waals surface area contributed by atoms with E-state index in [-0.39, 0.29) is 0 Å².